The van der Waals surface area contributed by atoms with E-state index in [1.54, 1.807) is 7.11 Å². The van der Waals surface area contributed by atoms with Gasteiger partial charge in [-0.05, 0) is 51.9 Å². The molecule has 0 aromatic heterocycles. The quantitative estimate of drug-likeness (QED) is 0.642. The fourth-order valence-electron chi connectivity index (χ4n) is 2.65. The summed E-state index contributed by atoms with van der Waals surface area (Å²) in [6.07, 6.45) is 5.55. The van der Waals surface area contributed by atoms with Crippen LogP contribution < -0.4 is 10.6 Å². The zero-order valence-electron chi connectivity index (χ0n) is 15.0. The van der Waals surface area contributed by atoms with Crippen molar-refractivity contribution in [3.8, 4) is 0 Å². The third-order valence-electron chi connectivity index (χ3n) is 4.14. The van der Waals surface area contributed by atoms with Gasteiger partial charge in [0.15, 0.2) is 0 Å². The molecule has 1 atom stereocenters. The monoisotopic (exact) mass is 314 g/mol. The van der Waals surface area contributed by atoms with Crippen LogP contribution in [0.4, 0.5) is 4.79 Å². The Morgan fingerprint density at radius 3 is 2.50 bits per heavy atom. The largest absolute Gasteiger partial charge is 0.444 e. The van der Waals surface area contributed by atoms with Gasteiger partial charge in [0.2, 0.25) is 0 Å². The first kappa shape index (κ1) is 19.2. The smallest absolute Gasteiger partial charge is 0.407 e. The van der Waals surface area contributed by atoms with Gasteiger partial charge in [0.1, 0.15) is 5.60 Å². The Hall–Kier alpha value is -0.810. The van der Waals surface area contributed by atoms with Gasteiger partial charge in [-0.1, -0.05) is 13.3 Å². The Morgan fingerprint density at radius 2 is 2.00 bits per heavy atom. The predicted molar refractivity (Wildman–Crippen MR) is 89.1 cm³/mol. The predicted octanol–water partition coefficient (Wildman–Crippen LogP) is 3.09. The molecular formula is C17H34N2O3. The summed E-state index contributed by atoms with van der Waals surface area (Å²) in [5, 5.41) is 6.42. The molecule has 0 bridgehead atoms. The second-order valence-electron chi connectivity index (χ2n) is 7.77. The molecule has 1 rings (SSSR count). The molecule has 0 aromatic carbocycles. The third kappa shape index (κ3) is 7.99. The lowest BCUT2D eigenvalue weighted by atomic mass is 9.70. The Balaban J connectivity index is 2.16. The maximum atomic E-state index is 11.6. The molecule has 0 saturated heterocycles. The summed E-state index contributed by atoms with van der Waals surface area (Å²) in [6.45, 7) is 10.3. The Morgan fingerprint density at radius 1 is 1.32 bits per heavy atom. The van der Waals surface area contributed by atoms with Gasteiger partial charge in [-0.15, -0.1) is 0 Å². The van der Waals surface area contributed by atoms with Crippen molar-refractivity contribution in [3.05, 3.63) is 0 Å². The first-order valence-electron chi connectivity index (χ1n) is 8.43. The van der Waals surface area contributed by atoms with E-state index in [4.69, 9.17) is 9.47 Å². The van der Waals surface area contributed by atoms with Gasteiger partial charge < -0.3 is 20.1 Å². The van der Waals surface area contributed by atoms with Gasteiger partial charge in [0.25, 0.3) is 0 Å². The van der Waals surface area contributed by atoms with Crippen LogP contribution in [-0.4, -0.2) is 44.5 Å². The number of methoxy groups -OCH3 is 1. The molecule has 1 fully saturated rings. The SMILES string of the molecule is COCC(CCCNC(=O)OC(C)(C)C)NCC1(C)CCC1. The highest BCUT2D eigenvalue weighted by molar-refractivity contribution is 5.67. The van der Waals surface area contributed by atoms with Crippen LogP contribution >= 0.6 is 0 Å². The molecule has 2 N–H and O–H groups in total. The normalized spacial score (nSPS) is 18.4. The number of carbonyl (C=O) groups excluding carboxylic acids is 1. The Kier molecular flexibility index (Phi) is 7.63. The minimum absolute atomic E-state index is 0.342. The van der Waals surface area contributed by atoms with E-state index < -0.39 is 5.60 Å². The van der Waals surface area contributed by atoms with Gasteiger partial charge in [-0.2, -0.15) is 0 Å². The van der Waals surface area contributed by atoms with Crippen LogP contribution in [0.1, 0.15) is 59.8 Å². The van der Waals surface area contributed by atoms with E-state index in [2.05, 4.69) is 17.6 Å². The summed E-state index contributed by atoms with van der Waals surface area (Å²) in [6, 6.07) is 0.350. The molecule has 5 heteroatoms. The first-order valence-corrected chi connectivity index (χ1v) is 8.43. The van der Waals surface area contributed by atoms with Gasteiger partial charge in [0, 0.05) is 26.2 Å². The topological polar surface area (TPSA) is 59.6 Å². The third-order valence-corrected chi connectivity index (χ3v) is 4.14. The van der Waals surface area contributed by atoms with Crippen molar-refractivity contribution in [2.24, 2.45) is 5.41 Å². The summed E-state index contributed by atoms with van der Waals surface area (Å²) in [7, 11) is 1.73. The molecule has 1 amide bonds. The second-order valence-corrected chi connectivity index (χ2v) is 7.77. The van der Waals surface area contributed by atoms with Crippen LogP contribution in [0.15, 0.2) is 0 Å². The molecule has 1 aliphatic rings. The van der Waals surface area contributed by atoms with Crippen LogP contribution in [0.2, 0.25) is 0 Å². The molecule has 0 aromatic rings. The maximum absolute atomic E-state index is 11.6. The second kappa shape index (κ2) is 8.73. The van der Waals surface area contributed by atoms with Crippen molar-refractivity contribution in [2.45, 2.75) is 71.4 Å². The highest BCUT2D eigenvalue weighted by Crippen LogP contribution is 2.39. The van der Waals surface area contributed by atoms with Crippen LogP contribution in [0.3, 0.4) is 0 Å². The number of hydrogen-bond acceptors (Lipinski definition) is 4. The van der Waals surface area contributed by atoms with Crippen molar-refractivity contribution in [1.82, 2.24) is 10.6 Å². The van der Waals surface area contributed by atoms with Crippen molar-refractivity contribution in [3.63, 3.8) is 0 Å². The van der Waals surface area contributed by atoms with Crippen LogP contribution in [0, 0.1) is 5.41 Å². The van der Waals surface area contributed by atoms with E-state index in [0.29, 0.717) is 24.6 Å². The van der Waals surface area contributed by atoms with Crippen molar-refractivity contribution in [2.75, 3.05) is 26.8 Å². The van der Waals surface area contributed by atoms with E-state index >= 15 is 0 Å². The van der Waals surface area contributed by atoms with Crippen LogP contribution in [-0.2, 0) is 9.47 Å². The number of nitrogens with one attached hydrogen (secondary N) is 2. The number of amides is 1. The lowest BCUT2D eigenvalue weighted by Crippen LogP contribution is -2.43. The van der Waals surface area contributed by atoms with E-state index in [1.807, 2.05) is 20.8 Å². The van der Waals surface area contributed by atoms with Crippen molar-refractivity contribution in [1.29, 1.82) is 0 Å². The number of carbonyl (C=O) groups is 1. The van der Waals surface area contributed by atoms with Gasteiger partial charge in [0.05, 0.1) is 6.61 Å². The summed E-state index contributed by atoms with van der Waals surface area (Å²) < 4.78 is 10.5. The number of rotatable bonds is 9. The summed E-state index contributed by atoms with van der Waals surface area (Å²) in [5.74, 6) is 0. The van der Waals surface area contributed by atoms with Crippen molar-refractivity contribution < 1.29 is 14.3 Å². The molecule has 1 aliphatic carbocycles. The van der Waals surface area contributed by atoms with E-state index in [1.165, 1.54) is 19.3 Å². The molecule has 5 nitrogen and oxygen atoms in total. The standard InChI is InChI=1S/C17H34N2O3/c1-16(2,3)22-15(20)18-11-6-8-14(12-21-5)19-13-17(4)9-7-10-17/h14,19H,6-13H2,1-5H3,(H,18,20). The molecular weight excluding hydrogens is 280 g/mol. The number of hydrogen-bond donors (Lipinski definition) is 2. The Labute approximate surface area is 135 Å². The molecule has 1 unspecified atom stereocenters. The summed E-state index contributed by atoms with van der Waals surface area (Å²) >= 11 is 0. The molecule has 22 heavy (non-hydrogen) atoms. The lowest BCUT2D eigenvalue weighted by Gasteiger charge is -2.39. The summed E-state index contributed by atoms with van der Waals surface area (Å²) in [4.78, 5) is 11.6. The van der Waals surface area contributed by atoms with Gasteiger partial charge in [-0.3, -0.25) is 0 Å². The fraction of sp³-hybridized carbons (Fsp3) is 0.941. The minimum Gasteiger partial charge on any atom is -0.444 e. The minimum atomic E-state index is -0.442. The highest BCUT2D eigenvalue weighted by atomic mass is 16.6. The van der Waals surface area contributed by atoms with Crippen LogP contribution in [0.5, 0.6) is 0 Å². The molecule has 0 radical (unpaired) electrons. The maximum Gasteiger partial charge on any atom is 0.407 e. The van der Waals surface area contributed by atoms with E-state index in [-0.39, 0.29) is 6.09 Å². The average molecular weight is 314 g/mol. The van der Waals surface area contributed by atoms with Crippen molar-refractivity contribution >= 4 is 6.09 Å². The Bertz CT molecular complexity index is 335. The van der Waals surface area contributed by atoms with E-state index in [9.17, 15) is 4.79 Å². The molecule has 1 saturated carbocycles. The first-order chi connectivity index (χ1) is 10.2. The van der Waals surface area contributed by atoms with Gasteiger partial charge >= 0.3 is 6.09 Å². The molecule has 0 spiro atoms. The highest BCUT2D eigenvalue weighted by Gasteiger charge is 2.31. The van der Waals surface area contributed by atoms with Crippen LogP contribution in [0.25, 0.3) is 0 Å². The summed E-state index contributed by atoms with van der Waals surface area (Å²) in [5.41, 5.74) is 0.0310. The lowest BCUT2D eigenvalue weighted by molar-refractivity contribution is 0.0525. The van der Waals surface area contributed by atoms with E-state index in [0.717, 1.165) is 19.4 Å². The zero-order chi connectivity index (χ0) is 16.6. The zero-order valence-corrected chi connectivity index (χ0v) is 15.0. The number of alkyl carbamates (subject to hydrolysis) is 1. The van der Waals surface area contributed by atoms with Gasteiger partial charge in [-0.25, -0.2) is 4.79 Å². The number of ether oxygens (including phenoxy) is 2. The fourth-order valence-corrected chi connectivity index (χ4v) is 2.65. The average Bonchev–Trinajstić information content (AvgIpc) is 2.36. The molecule has 0 heterocycles. The molecule has 130 valence electrons. The molecule has 0 aliphatic heterocycles.